The van der Waals surface area contributed by atoms with E-state index in [0.717, 1.165) is 63.6 Å². The summed E-state index contributed by atoms with van der Waals surface area (Å²) in [4.78, 5) is 13.6. The van der Waals surface area contributed by atoms with E-state index in [1.807, 2.05) is 12.4 Å². The van der Waals surface area contributed by atoms with Crippen molar-refractivity contribution >= 4 is 5.95 Å². The molecule has 1 fully saturated rings. The summed E-state index contributed by atoms with van der Waals surface area (Å²) in [5.74, 6) is 0.827. The Morgan fingerprint density at radius 2 is 1.74 bits per heavy atom. The van der Waals surface area contributed by atoms with Crippen molar-refractivity contribution < 1.29 is 5.11 Å². The van der Waals surface area contributed by atoms with Crippen LogP contribution in [0.4, 0.5) is 5.95 Å². The molecular formula is C17H31N5O. The highest BCUT2D eigenvalue weighted by molar-refractivity contribution is 5.30. The van der Waals surface area contributed by atoms with Crippen molar-refractivity contribution in [2.75, 3.05) is 51.3 Å². The minimum atomic E-state index is -0.0133. The van der Waals surface area contributed by atoms with Crippen molar-refractivity contribution in [3.05, 3.63) is 18.0 Å². The van der Waals surface area contributed by atoms with Gasteiger partial charge in [0.1, 0.15) is 0 Å². The molecule has 1 saturated heterocycles. The van der Waals surface area contributed by atoms with Crippen LogP contribution in [0, 0.1) is 5.41 Å². The second-order valence-corrected chi connectivity index (χ2v) is 6.65. The number of nitrogens with one attached hydrogen (secondary N) is 1. The van der Waals surface area contributed by atoms with E-state index in [0.29, 0.717) is 0 Å². The molecule has 0 radical (unpaired) electrons. The molecule has 23 heavy (non-hydrogen) atoms. The van der Waals surface area contributed by atoms with Gasteiger partial charge in [-0.2, -0.15) is 0 Å². The maximum atomic E-state index is 9.60. The summed E-state index contributed by atoms with van der Waals surface area (Å²) < 4.78 is 0. The quantitative estimate of drug-likeness (QED) is 0.748. The van der Waals surface area contributed by atoms with Crippen LogP contribution in [0.25, 0.3) is 0 Å². The molecular weight excluding hydrogens is 290 g/mol. The van der Waals surface area contributed by atoms with Gasteiger partial charge in [-0.25, -0.2) is 9.97 Å². The van der Waals surface area contributed by atoms with Crippen LogP contribution in [0.1, 0.15) is 32.3 Å². The van der Waals surface area contributed by atoms with Gasteiger partial charge in [0.25, 0.3) is 0 Å². The number of rotatable bonds is 8. The van der Waals surface area contributed by atoms with Gasteiger partial charge in [0.05, 0.1) is 0 Å². The first kappa shape index (κ1) is 18.1. The molecule has 0 amide bonds. The zero-order valence-corrected chi connectivity index (χ0v) is 14.8. The Labute approximate surface area is 139 Å². The standard InChI is InChI=1S/C17H31N5O/c1-4-17(5-2,14-23)13-18-10-15-11-19-16(20-12-15)22-8-6-21(3)7-9-22/h11-12,18,23H,4-10,13-14H2,1-3H3. The van der Waals surface area contributed by atoms with E-state index >= 15 is 0 Å². The molecule has 130 valence electrons. The van der Waals surface area contributed by atoms with Crippen molar-refractivity contribution in [2.45, 2.75) is 33.2 Å². The normalized spacial score (nSPS) is 16.8. The molecule has 1 aliphatic heterocycles. The fourth-order valence-corrected chi connectivity index (χ4v) is 2.86. The Morgan fingerprint density at radius 3 is 2.26 bits per heavy atom. The smallest absolute Gasteiger partial charge is 0.225 e. The van der Waals surface area contributed by atoms with E-state index in [4.69, 9.17) is 0 Å². The maximum absolute atomic E-state index is 9.60. The van der Waals surface area contributed by atoms with Gasteiger partial charge in [-0.1, -0.05) is 13.8 Å². The number of anilines is 1. The van der Waals surface area contributed by atoms with Gasteiger partial charge in [0.15, 0.2) is 0 Å². The second-order valence-electron chi connectivity index (χ2n) is 6.65. The summed E-state index contributed by atoms with van der Waals surface area (Å²) in [6.07, 6.45) is 5.77. The molecule has 2 heterocycles. The molecule has 6 heteroatoms. The predicted molar refractivity (Wildman–Crippen MR) is 93.5 cm³/mol. The third kappa shape index (κ3) is 4.86. The first-order valence-corrected chi connectivity index (χ1v) is 8.68. The SMILES string of the molecule is CCC(CC)(CO)CNCc1cnc(N2CCN(C)CC2)nc1. The Bertz CT molecular complexity index is 444. The van der Waals surface area contributed by atoms with Crippen LogP contribution in [-0.2, 0) is 6.54 Å². The summed E-state index contributed by atoms with van der Waals surface area (Å²) in [5, 5.41) is 13.0. The van der Waals surface area contributed by atoms with Crippen molar-refractivity contribution in [3.8, 4) is 0 Å². The lowest BCUT2D eigenvalue weighted by molar-refractivity contribution is 0.113. The fourth-order valence-electron chi connectivity index (χ4n) is 2.86. The van der Waals surface area contributed by atoms with Crippen molar-refractivity contribution in [1.82, 2.24) is 20.2 Å². The van der Waals surface area contributed by atoms with Crippen LogP contribution in [0.5, 0.6) is 0 Å². The van der Waals surface area contributed by atoms with Crippen molar-refractivity contribution in [1.29, 1.82) is 0 Å². The molecule has 0 saturated carbocycles. The van der Waals surface area contributed by atoms with E-state index in [1.54, 1.807) is 0 Å². The summed E-state index contributed by atoms with van der Waals surface area (Å²) in [6.45, 7) is 10.1. The van der Waals surface area contributed by atoms with E-state index < -0.39 is 0 Å². The Kier molecular flexibility index (Phi) is 6.74. The number of nitrogens with zero attached hydrogens (tertiary/aromatic N) is 4. The number of aromatic nitrogens is 2. The van der Waals surface area contributed by atoms with Crippen molar-refractivity contribution in [3.63, 3.8) is 0 Å². The number of aliphatic hydroxyl groups excluding tert-OH is 1. The van der Waals surface area contributed by atoms with E-state index in [2.05, 4.69) is 46.0 Å². The largest absolute Gasteiger partial charge is 0.396 e. The number of hydrogen-bond acceptors (Lipinski definition) is 6. The van der Waals surface area contributed by atoms with E-state index in [1.165, 1.54) is 0 Å². The lowest BCUT2D eigenvalue weighted by Crippen LogP contribution is -2.45. The second kappa shape index (κ2) is 8.57. The average Bonchev–Trinajstić information content (AvgIpc) is 2.61. The van der Waals surface area contributed by atoms with Gasteiger partial charge in [-0.3, -0.25) is 0 Å². The molecule has 1 aromatic heterocycles. The molecule has 0 atom stereocenters. The number of aliphatic hydroxyl groups is 1. The van der Waals surface area contributed by atoms with Crippen LogP contribution in [0.2, 0.25) is 0 Å². The van der Waals surface area contributed by atoms with Crippen LogP contribution < -0.4 is 10.2 Å². The number of likely N-dealkylation sites (N-methyl/N-ethyl adjacent to an activating group) is 1. The zero-order chi connectivity index (χ0) is 16.7. The van der Waals surface area contributed by atoms with Crippen LogP contribution in [-0.4, -0.2) is 66.4 Å². The molecule has 0 unspecified atom stereocenters. The monoisotopic (exact) mass is 321 g/mol. The zero-order valence-electron chi connectivity index (χ0n) is 14.8. The Balaban J connectivity index is 1.83. The van der Waals surface area contributed by atoms with Gasteiger partial charge >= 0.3 is 0 Å². The van der Waals surface area contributed by atoms with Gasteiger partial charge in [0, 0.05) is 69.2 Å². The minimum Gasteiger partial charge on any atom is -0.396 e. The van der Waals surface area contributed by atoms with Crippen LogP contribution in [0.15, 0.2) is 12.4 Å². The minimum absolute atomic E-state index is 0.0133. The van der Waals surface area contributed by atoms with Crippen molar-refractivity contribution in [2.24, 2.45) is 5.41 Å². The molecule has 2 N–H and O–H groups in total. The Hall–Kier alpha value is -1.24. The molecule has 0 aliphatic carbocycles. The lowest BCUT2D eigenvalue weighted by Gasteiger charge is -2.32. The molecule has 1 aliphatic rings. The van der Waals surface area contributed by atoms with Crippen LogP contribution >= 0.6 is 0 Å². The third-order valence-electron chi connectivity index (χ3n) is 5.14. The molecule has 1 aromatic rings. The van der Waals surface area contributed by atoms with Crippen LogP contribution in [0.3, 0.4) is 0 Å². The van der Waals surface area contributed by atoms with Gasteiger partial charge in [-0.15, -0.1) is 0 Å². The maximum Gasteiger partial charge on any atom is 0.225 e. The lowest BCUT2D eigenvalue weighted by atomic mass is 9.83. The number of piperazine rings is 1. The number of hydrogen-bond donors (Lipinski definition) is 2. The predicted octanol–water partition coefficient (Wildman–Crippen LogP) is 1.12. The van der Waals surface area contributed by atoms with Gasteiger partial charge in [0.2, 0.25) is 5.95 Å². The third-order valence-corrected chi connectivity index (χ3v) is 5.14. The summed E-state index contributed by atoms with van der Waals surface area (Å²) in [6, 6.07) is 0. The Morgan fingerprint density at radius 1 is 1.13 bits per heavy atom. The van der Waals surface area contributed by atoms with E-state index in [9.17, 15) is 5.11 Å². The van der Waals surface area contributed by atoms with Gasteiger partial charge < -0.3 is 20.2 Å². The van der Waals surface area contributed by atoms with Gasteiger partial charge in [-0.05, 0) is 19.9 Å². The summed E-state index contributed by atoms with van der Waals surface area (Å²) in [7, 11) is 2.14. The molecule has 0 spiro atoms. The highest BCUT2D eigenvalue weighted by atomic mass is 16.3. The average molecular weight is 321 g/mol. The summed E-state index contributed by atoms with van der Waals surface area (Å²) in [5.41, 5.74) is 1.07. The molecule has 0 bridgehead atoms. The summed E-state index contributed by atoms with van der Waals surface area (Å²) >= 11 is 0. The highest BCUT2D eigenvalue weighted by Gasteiger charge is 2.24. The highest BCUT2D eigenvalue weighted by Crippen LogP contribution is 2.24. The fraction of sp³-hybridized carbons (Fsp3) is 0.765. The first-order chi connectivity index (χ1) is 11.1. The topological polar surface area (TPSA) is 64.5 Å². The molecule has 6 nitrogen and oxygen atoms in total. The molecule has 0 aromatic carbocycles. The first-order valence-electron chi connectivity index (χ1n) is 8.68. The molecule has 2 rings (SSSR count). The van der Waals surface area contributed by atoms with E-state index in [-0.39, 0.29) is 12.0 Å².